The normalized spacial score (nSPS) is 20.1. The first-order chi connectivity index (χ1) is 15.0. The highest BCUT2D eigenvalue weighted by Gasteiger charge is 2.36. The summed E-state index contributed by atoms with van der Waals surface area (Å²) in [6, 6.07) is 5.41. The summed E-state index contributed by atoms with van der Waals surface area (Å²) in [5.41, 5.74) is 9.88. The summed E-state index contributed by atoms with van der Waals surface area (Å²) in [5.74, 6) is 1.68. The third-order valence-electron chi connectivity index (χ3n) is 6.26. The second kappa shape index (κ2) is 6.59. The fraction of sp³-hybridized carbons (Fsp3) is 0.333. The Balaban J connectivity index is 1.38. The van der Waals surface area contributed by atoms with Crippen molar-refractivity contribution in [3.8, 4) is 11.3 Å². The zero-order valence-corrected chi connectivity index (χ0v) is 17.0. The van der Waals surface area contributed by atoms with Gasteiger partial charge in [-0.3, -0.25) is 4.79 Å². The second-order valence-corrected chi connectivity index (χ2v) is 8.38. The minimum Gasteiger partial charge on any atom is -0.384 e. The molecule has 2 aliphatic heterocycles. The van der Waals surface area contributed by atoms with Gasteiger partial charge in [0.05, 0.1) is 18.2 Å². The number of hydrogen-bond acceptors (Lipinski definition) is 8. The molecule has 0 unspecified atom stereocenters. The topological polar surface area (TPSA) is 121 Å². The van der Waals surface area contributed by atoms with Crippen LogP contribution in [0.5, 0.6) is 0 Å². The van der Waals surface area contributed by atoms with Crippen LogP contribution in [0.1, 0.15) is 18.0 Å². The number of nitrogens with zero attached hydrogens (tertiary/aromatic N) is 8. The third-order valence-corrected chi connectivity index (χ3v) is 6.26. The summed E-state index contributed by atoms with van der Waals surface area (Å²) in [4.78, 5) is 37.0. The maximum absolute atomic E-state index is 12.9. The average Bonchev–Trinajstić information content (AvgIpc) is 3.14. The van der Waals surface area contributed by atoms with Crippen molar-refractivity contribution in [2.45, 2.75) is 18.9 Å². The molecule has 2 N–H and O–H groups in total. The Morgan fingerprint density at radius 3 is 2.84 bits per heavy atom. The molecule has 10 heteroatoms. The van der Waals surface area contributed by atoms with E-state index in [-0.39, 0.29) is 11.5 Å². The Bertz CT molecular complexity index is 1380. The molecule has 0 amide bonds. The molecule has 2 aliphatic rings. The second-order valence-electron chi connectivity index (χ2n) is 8.38. The van der Waals surface area contributed by atoms with Crippen LogP contribution in [0.15, 0.2) is 41.8 Å². The van der Waals surface area contributed by atoms with Gasteiger partial charge in [0, 0.05) is 56.0 Å². The van der Waals surface area contributed by atoms with E-state index < -0.39 is 0 Å². The Morgan fingerprint density at radius 1 is 1.06 bits per heavy atom. The summed E-state index contributed by atoms with van der Waals surface area (Å²) >= 11 is 0. The molecule has 1 fully saturated rings. The van der Waals surface area contributed by atoms with Gasteiger partial charge in [0.25, 0.3) is 5.56 Å². The van der Waals surface area contributed by atoms with Crippen molar-refractivity contribution in [2.75, 3.05) is 23.7 Å². The molecule has 0 saturated carbocycles. The van der Waals surface area contributed by atoms with Gasteiger partial charge >= 0.3 is 0 Å². The molecule has 6 heterocycles. The summed E-state index contributed by atoms with van der Waals surface area (Å²) < 4.78 is 3.81. The molecule has 6 rings (SSSR count). The van der Waals surface area contributed by atoms with E-state index in [0.29, 0.717) is 29.9 Å². The molecule has 156 valence electrons. The Labute approximate surface area is 177 Å². The maximum Gasteiger partial charge on any atom is 0.251 e. The van der Waals surface area contributed by atoms with Gasteiger partial charge in [-0.15, -0.1) is 0 Å². The van der Waals surface area contributed by atoms with Crippen LogP contribution in [0.4, 0.5) is 11.8 Å². The average molecular weight is 415 g/mol. The van der Waals surface area contributed by atoms with Crippen molar-refractivity contribution in [3.05, 3.63) is 53.1 Å². The van der Waals surface area contributed by atoms with Crippen molar-refractivity contribution < 1.29 is 0 Å². The van der Waals surface area contributed by atoms with Gasteiger partial charge in [0.2, 0.25) is 5.95 Å². The van der Waals surface area contributed by atoms with Crippen LogP contribution in [0, 0.1) is 5.92 Å². The van der Waals surface area contributed by atoms with Crippen LogP contribution in [-0.2, 0) is 13.6 Å². The number of piperidine rings is 1. The first kappa shape index (κ1) is 18.0. The van der Waals surface area contributed by atoms with E-state index in [1.165, 1.54) is 6.33 Å². The number of rotatable bonds is 2. The fourth-order valence-electron chi connectivity index (χ4n) is 4.86. The standard InChI is InChI=1S/C21H21N9O/c1-28-11-26-16-6-23-21(27-20(16)28)29-7-12-2-14(9-29)17-3-13(4-19(31)30(17)8-12)15-5-18(22)25-10-24-15/h3-6,10-12,14H,2,7-9H2,1H3,(H2,22,24,25)/t12-,14+/m0/s1. The first-order valence-corrected chi connectivity index (χ1v) is 10.3. The van der Waals surface area contributed by atoms with Gasteiger partial charge in [-0.1, -0.05) is 0 Å². The van der Waals surface area contributed by atoms with Gasteiger partial charge < -0.3 is 19.8 Å². The molecule has 4 aromatic rings. The molecular weight excluding hydrogens is 394 g/mol. The fourth-order valence-corrected chi connectivity index (χ4v) is 4.86. The Hall–Kier alpha value is -3.82. The number of aryl methyl sites for hydroxylation is 1. The lowest BCUT2D eigenvalue weighted by molar-refractivity contribution is 0.280. The van der Waals surface area contributed by atoms with Crippen LogP contribution in [-0.4, -0.2) is 47.1 Å². The summed E-state index contributed by atoms with van der Waals surface area (Å²) in [6.45, 7) is 2.28. The molecule has 2 atom stereocenters. The number of nitrogen functional groups attached to an aromatic ring is 1. The van der Waals surface area contributed by atoms with Gasteiger partial charge in [-0.25, -0.2) is 19.9 Å². The van der Waals surface area contributed by atoms with E-state index in [1.54, 1.807) is 24.7 Å². The van der Waals surface area contributed by atoms with E-state index in [1.807, 2.05) is 16.2 Å². The molecule has 31 heavy (non-hydrogen) atoms. The summed E-state index contributed by atoms with van der Waals surface area (Å²) in [5, 5.41) is 0. The Kier molecular flexibility index (Phi) is 3.83. The number of pyridine rings is 1. The largest absolute Gasteiger partial charge is 0.384 e. The van der Waals surface area contributed by atoms with Crippen molar-refractivity contribution in [1.82, 2.24) is 34.1 Å². The number of anilines is 2. The molecule has 0 spiro atoms. The van der Waals surface area contributed by atoms with Crippen LogP contribution in [0.3, 0.4) is 0 Å². The number of nitrogens with two attached hydrogens (primary N) is 1. The van der Waals surface area contributed by atoms with E-state index in [0.717, 1.165) is 41.9 Å². The Morgan fingerprint density at radius 2 is 1.97 bits per heavy atom. The third kappa shape index (κ3) is 2.94. The van der Waals surface area contributed by atoms with Gasteiger partial charge in [0.15, 0.2) is 5.65 Å². The minimum absolute atomic E-state index is 0.000359. The van der Waals surface area contributed by atoms with E-state index in [4.69, 9.17) is 10.7 Å². The maximum atomic E-state index is 12.9. The molecule has 2 bridgehead atoms. The van der Waals surface area contributed by atoms with E-state index in [9.17, 15) is 4.79 Å². The lowest BCUT2D eigenvalue weighted by atomic mass is 9.82. The van der Waals surface area contributed by atoms with Crippen LogP contribution >= 0.6 is 0 Å². The zero-order chi connectivity index (χ0) is 21.1. The predicted octanol–water partition coefficient (Wildman–Crippen LogP) is 1.19. The van der Waals surface area contributed by atoms with Crippen LogP contribution in [0.25, 0.3) is 22.4 Å². The molecule has 4 aromatic heterocycles. The number of imidazole rings is 1. The van der Waals surface area contributed by atoms with Gasteiger partial charge in [-0.05, 0) is 18.4 Å². The number of aromatic nitrogens is 7. The van der Waals surface area contributed by atoms with Crippen molar-refractivity contribution in [3.63, 3.8) is 0 Å². The molecule has 0 aromatic carbocycles. The van der Waals surface area contributed by atoms with Crippen LogP contribution in [0.2, 0.25) is 0 Å². The molecular formula is C21H21N9O. The minimum atomic E-state index is 0.000359. The quantitative estimate of drug-likeness (QED) is 0.518. The number of fused-ring (bicyclic) bond motifs is 5. The highest BCUT2D eigenvalue weighted by molar-refractivity contribution is 5.71. The van der Waals surface area contributed by atoms with Gasteiger partial charge in [0.1, 0.15) is 17.7 Å². The van der Waals surface area contributed by atoms with Crippen LogP contribution < -0.4 is 16.2 Å². The van der Waals surface area contributed by atoms with Crippen molar-refractivity contribution in [1.29, 1.82) is 0 Å². The summed E-state index contributed by atoms with van der Waals surface area (Å²) in [6.07, 6.45) is 5.99. The lowest BCUT2D eigenvalue weighted by Gasteiger charge is -2.42. The summed E-state index contributed by atoms with van der Waals surface area (Å²) in [7, 11) is 1.93. The molecule has 10 nitrogen and oxygen atoms in total. The smallest absolute Gasteiger partial charge is 0.251 e. The lowest BCUT2D eigenvalue weighted by Crippen LogP contribution is -2.47. The van der Waals surface area contributed by atoms with Crippen molar-refractivity contribution in [2.24, 2.45) is 13.0 Å². The highest BCUT2D eigenvalue weighted by atomic mass is 16.1. The van der Waals surface area contributed by atoms with Crippen molar-refractivity contribution >= 4 is 22.9 Å². The van der Waals surface area contributed by atoms with E-state index in [2.05, 4.69) is 30.9 Å². The molecule has 1 saturated heterocycles. The van der Waals surface area contributed by atoms with Gasteiger partial charge in [-0.2, -0.15) is 4.98 Å². The first-order valence-electron chi connectivity index (χ1n) is 10.3. The predicted molar refractivity (Wildman–Crippen MR) is 116 cm³/mol. The monoisotopic (exact) mass is 415 g/mol. The molecule has 0 radical (unpaired) electrons. The van der Waals surface area contributed by atoms with E-state index >= 15 is 0 Å². The number of hydrogen-bond donors (Lipinski definition) is 1. The SMILES string of the molecule is Cn1cnc2cnc(N3C[C@@H]4C[C@H](C3)c3cc(-c5cc(N)ncn5)cc(=O)n3C4)nc21. The zero-order valence-electron chi connectivity index (χ0n) is 17.0. The highest BCUT2D eigenvalue weighted by Crippen LogP contribution is 2.37. The molecule has 0 aliphatic carbocycles.